The van der Waals surface area contributed by atoms with E-state index in [4.69, 9.17) is 40.6 Å². The molecule has 3 heterocycles. The Morgan fingerprint density at radius 1 is 1.31 bits per heavy atom. The average Bonchev–Trinajstić information content (AvgIpc) is 3.39. The molecule has 3 N–H and O–H groups in total. The maximum Gasteiger partial charge on any atom is 0.459 e. The molecule has 39 heavy (non-hydrogen) atoms. The SMILES string of the molecule is CCOc1nc(N)nc2c1ncn2[C@@H]1OC[C@@H](OP(=O)(N[C@@H](C)C(=O)OC(C)C)Oc2ccccc2)[C@@]1(C)Cl. The van der Waals surface area contributed by atoms with E-state index in [1.54, 1.807) is 55.7 Å². The molecule has 0 amide bonds. The number of nitrogen functional groups attached to an aromatic ring is 1. The van der Waals surface area contributed by atoms with Gasteiger partial charge in [0.25, 0.3) is 0 Å². The number of fused-ring (bicyclic) bond motifs is 1. The van der Waals surface area contributed by atoms with E-state index in [0.29, 0.717) is 17.8 Å². The number of hydrogen-bond donors (Lipinski definition) is 2. The molecule has 13 nitrogen and oxygen atoms in total. The van der Waals surface area contributed by atoms with Gasteiger partial charge in [-0.1, -0.05) is 18.2 Å². The molecule has 15 heteroatoms. The van der Waals surface area contributed by atoms with Crippen LogP contribution >= 0.6 is 19.3 Å². The number of ether oxygens (including phenoxy) is 3. The molecular weight excluding hydrogens is 551 g/mol. The van der Waals surface area contributed by atoms with E-state index in [1.165, 1.54) is 13.3 Å². The number of alkyl halides is 1. The highest BCUT2D eigenvalue weighted by Crippen LogP contribution is 2.52. The number of nitrogens with one attached hydrogen (secondary N) is 1. The Hall–Kier alpha value is -2.96. The van der Waals surface area contributed by atoms with Crippen LogP contribution in [0.1, 0.15) is 40.8 Å². The summed E-state index contributed by atoms with van der Waals surface area (Å²) in [6.07, 6.45) is -0.690. The van der Waals surface area contributed by atoms with Crippen LogP contribution < -0.4 is 20.1 Å². The minimum Gasteiger partial charge on any atom is -0.476 e. The van der Waals surface area contributed by atoms with Gasteiger partial charge < -0.3 is 24.5 Å². The maximum atomic E-state index is 14.0. The molecule has 5 atom stereocenters. The summed E-state index contributed by atoms with van der Waals surface area (Å²) < 4.78 is 44.2. The van der Waals surface area contributed by atoms with Crippen LogP contribution in [-0.4, -0.2) is 61.8 Å². The molecule has 0 aliphatic carbocycles. The largest absolute Gasteiger partial charge is 0.476 e. The molecule has 2 aromatic heterocycles. The van der Waals surface area contributed by atoms with Crippen LogP contribution in [0.25, 0.3) is 11.2 Å². The molecule has 1 aliphatic rings. The second kappa shape index (κ2) is 11.6. The number of nitrogens with zero attached hydrogens (tertiary/aromatic N) is 4. The monoisotopic (exact) mass is 582 g/mol. The van der Waals surface area contributed by atoms with Gasteiger partial charge in [0, 0.05) is 0 Å². The van der Waals surface area contributed by atoms with Gasteiger partial charge in [0.2, 0.25) is 11.8 Å². The molecule has 0 saturated carbocycles. The van der Waals surface area contributed by atoms with Gasteiger partial charge in [-0.05, 0) is 46.8 Å². The van der Waals surface area contributed by atoms with E-state index < -0.39 is 37.0 Å². The summed E-state index contributed by atoms with van der Waals surface area (Å²) in [5, 5.41) is 2.67. The van der Waals surface area contributed by atoms with Gasteiger partial charge in [-0.3, -0.25) is 13.9 Å². The van der Waals surface area contributed by atoms with Gasteiger partial charge in [-0.25, -0.2) is 9.55 Å². The Morgan fingerprint density at radius 2 is 2.03 bits per heavy atom. The van der Waals surface area contributed by atoms with E-state index in [-0.39, 0.29) is 30.3 Å². The smallest absolute Gasteiger partial charge is 0.459 e. The molecule has 0 radical (unpaired) electrons. The van der Waals surface area contributed by atoms with Crippen LogP contribution in [-0.2, 0) is 23.4 Å². The molecule has 1 aromatic carbocycles. The number of carbonyl (C=O) groups is 1. The Bertz CT molecular complexity index is 1360. The summed E-state index contributed by atoms with van der Waals surface area (Å²) in [5.41, 5.74) is 6.61. The molecule has 212 valence electrons. The molecule has 1 unspecified atom stereocenters. The second-order valence-electron chi connectivity index (χ2n) is 9.31. The third-order valence-electron chi connectivity index (χ3n) is 5.75. The zero-order chi connectivity index (χ0) is 28.4. The number of nitrogens with two attached hydrogens (primary N) is 1. The van der Waals surface area contributed by atoms with Crippen LogP contribution in [0.3, 0.4) is 0 Å². The van der Waals surface area contributed by atoms with E-state index in [1.807, 2.05) is 6.92 Å². The summed E-state index contributed by atoms with van der Waals surface area (Å²) >= 11 is 7.01. The van der Waals surface area contributed by atoms with Crippen molar-refractivity contribution in [3.8, 4) is 11.6 Å². The molecule has 3 aromatic rings. The molecule has 0 spiro atoms. The van der Waals surface area contributed by atoms with Gasteiger partial charge >= 0.3 is 13.7 Å². The molecular formula is C24H32ClN6O7P. The fraction of sp³-hybridized carbons (Fsp3) is 0.500. The van der Waals surface area contributed by atoms with Crippen molar-refractivity contribution in [2.45, 2.75) is 64.0 Å². The number of anilines is 1. The normalized spacial score (nSPS) is 23.5. The zero-order valence-corrected chi connectivity index (χ0v) is 23.9. The van der Waals surface area contributed by atoms with Crippen LogP contribution in [0.4, 0.5) is 5.95 Å². The summed E-state index contributed by atoms with van der Waals surface area (Å²) in [4.78, 5) is 23.9. The van der Waals surface area contributed by atoms with Crippen molar-refractivity contribution in [3.63, 3.8) is 0 Å². The van der Waals surface area contributed by atoms with Gasteiger partial charge in [-0.15, -0.1) is 11.6 Å². The zero-order valence-electron chi connectivity index (χ0n) is 22.2. The van der Waals surface area contributed by atoms with E-state index in [9.17, 15) is 9.36 Å². The number of carbonyl (C=O) groups excluding carboxylic acids is 1. The number of esters is 1. The lowest BCUT2D eigenvalue weighted by molar-refractivity contribution is -0.149. The van der Waals surface area contributed by atoms with E-state index >= 15 is 0 Å². The van der Waals surface area contributed by atoms with E-state index in [2.05, 4.69) is 20.0 Å². The van der Waals surface area contributed by atoms with Crippen molar-refractivity contribution >= 4 is 42.4 Å². The Labute approximate surface area is 230 Å². The Kier molecular flexibility index (Phi) is 8.67. The highest BCUT2D eigenvalue weighted by molar-refractivity contribution is 7.52. The lowest BCUT2D eigenvalue weighted by Gasteiger charge is -2.31. The van der Waals surface area contributed by atoms with Crippen molar-refractivity contribution in [3.05, 3.63) is 36.7 Å². The number of para-hydroxylation sites is 1. The van der Waals surface area contributed by atoms with Crippen molar-refractivity contribution in [2.24, 2.45) is 0 Å². The van der Waals surface area contributed by atoms with Gasteiger partial charge in [0.05, 0.1) is 25.6 Å². The third kappa shape index (κ3) is 6.44. The Morgan fingerprint density at radius 3 is 2.69 bits per heavy atom. The van der Waals surface area contributed by atoms with Crippen LogP contribution in [0.2, 0.25) is 0 Å². The fourth-order valence-corrected chi connectivity index (χ4v) is 6.04. The van der Waals surface area contributed by atoms with Crippen molar-refractivity contribution in [2.75, 3.05) is 18.9 Å². The first-order valence-corrected chi connectivity index (χ1v) is 14.3. The molecule has 1 saturated heterocycles. The highest BCUT2D eigenvalue weighted by atomic mass is 35.5. The number of benzene rings is 1. The number of rotatable bonds is 11. The standard InChI is InChI=1S/C24H32ClN6O7P/c1-6-34-20-18-19(28-23(26)29-20)31(13-27-18)22-24(5,25)17(12-35-22)38-39(33,37-16-10-8-7-9-11-16)30-15(4)21(32)36-14(2)3/h7-11,13-15,17,22H,6,12H2,1-5H3,(H,30,33)(H2,26,28,29)/t15-,17+,22+,24+,39?/m0/s1. The molecule has 0 bridgehead atoms. The predicted octanol–water partition coefficient (Wildman–Crippen LogP) is 3.84. The fourth-order valence-electron chi connectivity index (χ4n) is 3.96. The quantitative estimate of drug-likeness (QED) is 0.191. The molecule has 1 fully saturated rings. The molecule has 1 aliphatic heterocycles. The second-order valence-corrected chi connectivity index (χ2v) is 11.8. The topological polar surface area (TPSA) is 162 Å². The van der Waals surface area contributed by atoms with Crippen LogP contribution in [0.15, 0.2) is 36.7 Å². The highest BCUT2D eigenvalue weighted by Gasteiger charge is 2.53. The minimum absolute atomic E-state index is 0.0120. The first kappa shape index (κ1) is 29.0. The third-order valence-corrected chi connectivity index (χ3v) is 7.87. The lowest BCUT2D eigenvalue weighted by Crippen LogP contribution is -2.41. The predicted molar refractivity (Wildman–Crippen MR) is 144 cm³/mol. The summed E-state index contributed by atoms with van der Waals surface area (Å²) in [7, 11) is -4.21. The first-order chi connectivity index (χ1) is 18.4. The maximum absolute atomic E-state index is 14.0. The Balaban J connectivity index is 1.62. The van der Waals surface area contributed by atoms with Crippen molar-refractivity contribution in [1.82, 2.24) is 24.6 Å². The van der Waals surface area contributed by atoms with Crippen molar-refractivity contribution < 1.29 is 32.6 Å². The average molecular weight is 583 g/mol. The van der Waals surface area contributed by atoms with Gasteiger partial charge in [-0.2, -0.15) is 15.1 Å². The number of halogens is 1. The van der Waals surface area contributed by atoms with Crippen molar-refractivity contribution in [1.29, 1.82) is 0 Å². The summed E-state index contributed by atoms with van der Waals surface area (Å²) in [6.45, 7) is 8.70. The number of imidazole rings is 1. The van der Waals surface area contributed by atoms with Crippen LogP contribution in [0.5, 0.6) is 11.6 Å². The molecule has 4 rings (SSSR count). The van der Waals surface area contributed by atoms with Gasteiger partial charge in [0.1, 0.15) is 22.8 Å². The first-order valence-electron chi connectivity index (χ1n) is 12.4. The summed E-state index contributed by atoms with van der Waals surface area (Å²) in [5.74, 6) is -0.136. The van der Waals surface area contributed by atoms with Crippen LogP contribution in [0, 0.1) is 0 Å². The van der Waals surface area contributed by atoms with E-state index in [0.717, 1.165) is 0 Å². The van der Waals surface area contributed by atoms with Gasteiger partial charge in [0.15, 0.2) is 17.4 Å². The summed E-state index contributed by atoms with van der Waals surface area (Å²) in [6, 6.07) is 7.41. The minimum atomic E-state index is -4.21. The number of aromatic nitrogens is 4. The number of hydrogen-bond acceptors (Lipinski definition) is 11. The lowest BCUT2D eigenvalue weighted by atomic mass is 10.1.